The largest absolute Gasteiger partial charge is 0.496 e. The molecule has 0 fully saturated rings. The number of aromatic nitrogens is 2. The van der Waals surface area contributed by atoms with Crippen molar-refractivity contribution in [2.45, 2.75) is 13.5 Å². The molecule has 0 radical (unpaired) electrons. The summed E-state index contributed by atoms with van der Waals surface area (Å²) in [7, 11) is 1.60. The van der Waals surface area contributed by atoms with Crippen LogP contribution in [0, 0.1) is 0 Å². The highest BCUT2D eigenvalue weighted by atomic mass is 79.9. The molecule has 100 valence electrons. The number of benzene rings is 1. The molecule has 0 aliphatic carbocycles. The summed E-state index contributed by atoms with van der Waals surface area (Å²) in [5, 5.41) is 13.0. The van der Waals surface area contributed by atoms with Gasteiger partial charge >= 0.3 is 5.97 Å². The molecule has 0 aliphatic rings. The smallest absolute Gasteiger partial charge is 0.356 e. The van der Waals surface area contributed by atoms with Crippen LogP contribution in [0.15, 0.2) is 28.7 Å². The van der Waals surface area contributed by atoms with Gasteiger partial charge in [0.1, 0.15) is 5.75 Å². The van der Waals surface area contributed by atoms with E-state index < -0.39 is 5.97 Å². The molecule has 1 N–H and O–H groups in total. The number of halogens is 1. The van der Waals surface area contributed by atoms with Crippen molar-refractivity contribution in [3.63, 3.8) is 0 Å². The third kappa shape index (κ3) is 2.63. The number of aromatic carboxylic acids is 1. The van der Waals surface area contributed by atoms with E-state index in [-0.39, 0.29) is 5.69 Å². The Bertz CT molecular complexity index is 622. The molecule has 0 amide bonds. The minimum Gasteiger partial charge on any atom is -0.496 e. The third-order valence-electron chi connectivity index (χ3n) is 2.75. The molecule has 0 saturated heterocycles. The lowest BCUT2D eigenvalue weighted by Gasteiger charge is -2.07. The highest BCUT2D eigenvalue weighted by Crippen LogP contribution is 2.30. The molecular formula is C13H13BrN2O3. The lowest BCUT2D eigenvalue weighted by Crippen LogP contribution is -2.02. The standard InChI is InChI=1S/C13H13BrN2O3/c1-3-16-11(7-10(15-16)13(17)18)8-4-5-12(19-2)9(14)6-8/h4-7H,3H2,1-2H3,(H,17,18). The van der Waals surface area contributed by atoms with Crippen LogP contribution >= 0.6 is 15.9 Å². The third-order valence-corrected chi connectivity index (χ3v) is 3.37. The number of carboxylic acids is 1. The Morgan fingerprint density at radius 1 is 1.47 bits per heavy atom. The first kappa shape index (κ1) is 13.6. The highest BCUT2D eigenvalue weighted by Gasteiger charge is 2.14. The minimum absolute atomic E-state index is 0.0452. The zero-order valence-corrected chi connectivity index (χ0v) is 12.1. The molecule has 0 bridgehead atoms. The highest BCUT2D eigenvalue weighted by molar-refractivity contribution is 9.10. The van der Waals surface area contributed by atoms with E-state index in [9.17, 15) is 4.79 Å². The molecule has 0 unspecified atom stereocenters. The Balaban J connectivity index is 2.51. The van der Waals surface area contributed by atoms with Crippen LogP contribution in [0.2, 0.25) is 0 Å². The number of methoxy groups -OCH3 is 1. The average molecular weight is 325 g/mol. The summed E-state index contributed by atoms with van der Waals surface area (Å²) in [6.45, 7) is 2.52. The van der Waals surface area contributed by atoms with E-state index in [2.05, 4.69) is 21.0 Å². The first-order chi connectivity index (χ1) is 9.06. The monoisotopic (exact) mass is 324 g/mol. The number of carboxylic acid groups (broad SMARTS) is 1. The molecule has 1 aromatic heterocycles. The first-order valence-corrected chi connectivity index (χ1v) is 6.51. The number of ether oxygens (including phenoxy) is 1. The summed E-state index contributed by atoms with van der Waals surface area (Å²) in [6.07, 6.45) is 0. The summed E-state index contributed by atoms with van der Waals surface area (Å²) < 4.78 is 7.65. The summed E-state index contributed by atoms with van der Waals surface area (Å²) in [4.78, 5) is 11.0. The molecule has 0 spiro atoms. The number of hydrogen-bond acceptors (Lipinski definition) is 3. The molecule has 6 heteroatoms. The Hall–Kier alpha value is -1.82. The summed E-state index contributed by atoms with van der Waals surface area (Å²) in [5.41, 5.74) is 1.70. The van der Waals surface area contributed by atoms with Gasteiger partial charge in [-0.1, -0.05) is 0 Å². The molecule has 0 atom stereocenters. The van der Waals surface area contributed by atoms with E-state index >= 15 is 0 Å². The predicted octanol–water partition coefficient (Wildman–Crippen LogP) is 3.04. The molecule has 2 aromatic rings. The van der Waals surface area contributed by atoms with Crippen molar-refractivity contribution < 1.29 is 14.6 Å². The zero-order valence-electron chi connectivity index (χ0n) is 10.6. The van der Waals surface area contributed by atoms with Gasteiger partial charge in [-0.2, -0.15) is 5.10 Å². The SMILES string of the molecule is CCn1nc(C(=O)O)cc1-c1ccc(OC)c(Br)c1. The van der Waals surface area contributed by atoms with Crippen molar-refractivity contribution >= 4 is 21.9 Å². The van der Waals surface area contributed by atoms with Gasteiger partial charge in [-0.3, -0.25) is 4.68 Å². The maximum atomic E-state index is 11.0. The second kappa shape index (κ2) is 5.44. The van der Waals surface area contributed by atoms with Gasteiger partial charge in [0, 0.05) is 12.1 Å². The number of aryl methyl sites for hydroxylation is 1. The van der Waals surface area contributed by atoms with E-state index in [1.807, 2.05) is 25.1 Å². The van der Waals surface area contributed by atoms with Crippen molar-refractivity contribution in [3.05, 3.63) is 34.4 Å². The van der Waals surface area contributed by atoms with Crippen LogP contribution in [0.5, 0.6) is 5.75 Å². The molecule has 1 heterocycles. The number of nitrogens with zero attached hydrogens (tertiary/aromatic N) is 2. The van der Waals surface area contributed by atoms with Gasteiger partial charge in [-0.15, -0.1) is 0 Å². The van der Waals surface area contributed by atoms with Crippen LogP contribution in [-0.2, 0) is 6.54 Å². The van der Waals surface area contributed by atoms with E-state index in [4.69, 9.17) is 9.84 Å². The van der Waals surface area contributed by atoms with Gasteiger partial charge < -0.3 is 9.84 Å². The molecule has 0 aliphatic heterocycles. The Kier molecular flexibility index (Phi) is 3.90. The molecule has 0 saturated carbocycles. The average Bonchev–Trinajstić information content (AvgIpc) is 2.82. The van der Waals surface area contributed by atoms with E-state index in [0.29, 0.717) is 6.54 Å². The lowest BCUT2D eigenvalue weighted by molar-refractivity contribution is 0.0689. The molecular weight excluding hydrogens is 312 g/mol. The van der Waals surface area contributed by atoms with Gasteiger partial charge in [0.25, 0.3) is 0 Å². The summed E-state index contributed by atoms with van der Waals surface area (Å²) in [6, 6.07) is 7.15. The quantitative estimate of drug-likeness (QED) is 0.938. The van der Waals surface area contributed by atoms with E-state index in [1.165, 1.54) is 0 Å². The van der Waals surface area contributed by atoms with Gasteiger partial charge in [0.05, 0.1) is 17.3 Å². The number of hydrogen-bond donors (Lipinski definition) is 1. The Labute approximate surface area is 118 Å². The van der Waals surface area contributed by atoms with Gasteiger partial charge in [-0.05, 0) is 47.1 Å². The van der Waals surface area contributed by atoms with Crippen LogP contribution in [-0.4, -0.2) is 28.0 Å². The van der Waals surface area contributed by atoms with Gasteiger partial charge in [0.15, 0.2) is 5.69 Å². The first-order valence-electron chi connectivity index (χ1n) is 5.72. The molecule has 1 aromatic carbocycles. The zero-order chi connectivity index (χ0) is 14.0. The van der Waals surface area contributed by atoms with Gasteiger partial charge in [0.2, 0.25) is 0 Å². The maximum absolute atomic E-state index is 11.0. The van der Waals surface area contributed by atoms with Crippen LogP contribution in [0.1, 0.15) is 17.4 Å². The maximum Gasteiger partial charge on any atom is 0.356 e. The van der Waals surface area contributed by atoms with Crippen molar-refractivity contribution in [2.24, 2.45) is 0 Å². The van der Waals surface area contributed by atoms with Crippen LogP contribution in [0.3, 0.4) is 0 Å². The summed E-state index contributed by atoms with van der Waals surface area (Å²) in [5.74, 6) is -0.300. The lowest BCUT2D eigenvalue weighted by atomic mass is 10.1. The van der Waals surface area contributed by atoms with Crippen molar-refractivity contribution in [2.75, 3.05) is 7.11 Å². The minimum atomic E-state index is -1.03. The van der Waals surface area contributed by atoms with Crippen LogP contribution in [0.4, 0.5) is 0 Å². The van der Waals surface area contributed by atoms with Crippen molar-refractivity contribution in [3.8, 4) is 17.0 Å². The van der Waals surface area contributed by atoms with Crippen molar-refractivity contribution in [1.29, 1.82) is 0 Å². The van der Waals surface area contributed by atoms with Crippen LogP contribution in [0.25, 0.3) is 11.3 Å². The molecule has 2 rings (SSSR count). The Morgan fingerprint density at radius 3 is 2.74 bits per heavy atom. The number of carbonyl (C=O) groups is 1. The summed E-state index contributed by atoms with van der Waals surface area (Å²) >= 11 is 3.42. The molecule has 5 nitrogen and oxygen atoms in total. The Morgan fingerprint density at radius 2 is 2.21 bits per heavy atom. The topological polar surface area (TPSA) is 64.4 Å². The normalized spacial score (nSPS) is 10.5. The van der Waals surface area contributed by atoms with E-state index in [0.717, 1.165) is 21.5 Å². The second-order valence-corrected chi connectivity index (χ2v) is 4.74. The van der Waals surface area contributed by atoms with E-state index in [1.54, 1.807) is 17.9 Å². The predicted molar refractivity (Wildman–Crippen MR) is 74.5 cm³/mol. The van der Waals surface area contributed by atoms with Crippen LogP contribution < -0.4 is 4.74 Å². The number of rotatable bonds is 4. The fraction of sp³-hybridized carbons (Fsp3) is 0.231. The van der Waals surface area contributed by atoms with Crippen molar-refractivity contribution in [1.82, 2.24) is 9.78 Å². The fourth-order valence-corrected chi connectivity index (χ4v) is 2.36. The second-order valence-electron chi connectivity index (χ2n) is 3.89. The van der Waals surface area contributed by atoms with Gasteiger partial charge in [-0.25, -0.2) is 4.79 Å². The molecule has 19 heavy (non-hydrogen) atoms. The fourth-order valence-electron chi connectivity index (χ4n) is 1.82.